The molecule has 4 rings (SSSR count). The van der Waals surface area contributed by atoms with E-state index in [0.29, 0.717) is 33.7 Å². The van der Waals surface area contributed by atoms with Crippen LogP contribution in [0.3, 0.4) is 0 Å². The summed E-state index contributed by atoms with van der Waals surface area (Å²) in [6.07, 6.45) is 0. The van der Waals surface area contributed by atoms with Crippen molar-refractivity contribution in [2.75, 3.05) is 5.32 Å². The second kappa shape index (κ2) is 6.96. The molecule has 2 heterocycles. The van der Waals surface area contributed by atoms with Crippen LogP contribution < -0.4 is 5.32 Å². The second-order valence-electron chi connectivity index (χ2n) is 6.31. The minimum atomic E-state index is -0.240. The van der Waals surface area contributed by atoms with E-state index in [4.69, 9.17) is 4.52 Å². The molecule has 4 aromatic rings. The van der Waals surface area contributed by atoms with Gasteiger partial charge in [0, 0.05) is 10.0 Å². The molecule has 27 heavy (non-hydrogen) atoms. The summed E-state index contributed by atoms with van der Waals surface area (Å²) in [5, 5.41) is 7.56. The van der Waals surface area contributed by atoms with Gasteiger partial charge in [0.15, 0.2) is 0 Å². The van der Waals surface area contributed by atoms with E-state index in [1.54, 1.807) is 13.0 Å². The number of amides is 1. The van der Waals surface area contributed by atoms with Crippen LogP contribution in [0.1, 0.15) is 21.6 Å². The molecule has 0 atom stereocenters. The Morgan fingerprint density at radius 1 is 1.07 bits per heavy atom. The standard InChI is InChI=1S/C21H16BrN3O2/c1-12-8-9-17(16(22)10-12)23-20(26)15-11-18(14-6-4-3-5-7-14)24-21-19(15)13(2)25-27-21/h3-11H,1-2H3,(H,23,26). The summed E-state index contributed by atoms with van der Waals surface area (Å²) in [5.41, 5.74) is 4.82. The molecule has 0 aliphatic heterocycles. The number of hydrogen-bond donors (Lipinski definition) is 1. The highest BCUT2D eigenvalue weighted by Gasteiger charge is 2.20. The van der Waals surface area contributed by atoms with Gasteiger partial charge in [0.1, 0.15) is 0 Å². The van der Waals surface area contributed by atoms with Crippen molar-refractivity contribution < 1.29 is 9.32 Å². The van der Waals surface area contributed by atoms with Crippen LogP contribution >= 0.6 is 15.9 Å². The van der Waals surface area contributed by atoms with E-state index < -0.39 is 0 Å². The summed E-state index contributed by atoms with van der Waals surface area (Å²) in [7, 11) is 0. The van der Waals surface area contributed by atoms with Crippen molar-refractivity contribution in [3.8, 4) is 11.3 Å². The van der Waals surface area contributed by atoms with E-state index in [-0.39, 0.29) is 5.91 Å². The van der Waals surface area contributed by atoms with Gasteiger partial charge in [-0.15, -0.1) is 0 Å². The molecule has 134 valence electrons. The monoisotopic (exact) mass is 421 g/mol. The Labute approximate surface area is 164 Å². The zero-order valence-corrected chi connectivity index (χ0v) is 16.4. The third-order valence-corrected chi connectivity index (χ3v) is 4.96. The molecule has 0 aliphatic carbocycles. The molecule has 0 bridgehead atoms. The summed E-state index contributed by atoms with van der Waals surface area (Å²) < 4.78 is 6.17. The Hall–Kier alpha value is -2.99. The Bertz CT molecular complexity index is 1150. The smallest absolute Gasteiger partial charge is 0.259 e. The fraction of sp³-hybridized carbons (Fsp3) is 0.0952. The van der Waals surface area contributed by atoms with Crippen molar-refractivity contribution in [3.05, 3.63) is 75.9 Å². The number of hydrogen-bond acceptors (Lipinski definition) is 4. The van der Waals surface area contributed by atoms with E-state index in [9.17, 15) is 4.79 Å². The van der Waals surface area contributed by atoms with Crippen molar-refractivity contribution in [1.82, 2.24) is 10.1 Å². The predicted octanol–water partition coefficient (Wildman–Crippen LogP) is 5.52. The maximum atomic E-state index is 13.1. The van der Waals surface area contributed by atoms with Gasteiger partial charge in [-0.3, -0.25) is 4.79 Å². The zero-order valence-electron chi connectivity index (χ0n) is 14.8. The van der Waals surface area contributed by atoms with Gasteiger partial charge in [0.05, 0.1) is 28.0 Å². The highest BCUT2D eigenvalue weighted by molar-refractivity contribution is 9.10. The van der Waals surface area contributed by atoms with Gasteiger partial charge in [-0.05, 0) is 53.5 Å². The Morgan fingerprint density at radius 3 is 2.59 bits per heavy atom. The van der Waals surface area contributed by atoms with Crippen molar-refractivity contribution >= 4 is 38.6 Å². The molecule has 2 aromatic heterocycles. The van der Waals surface area contributed by atoms with Gasteiger partial charge in [-0.1, -0.05) is 41.6 Å². The molecule has 1 amide bonds. The van der Waals surface area contributed by atoms with Gasteiger partial charge < -0.3 is 9.84 Å². The van der Waals surface area contributed by atoms with Gasteiger partial charge in [-0.2, -0.15) is 0 Å². The molecule has 0 fully saturated rings. The fourth-order valence-electron chi connectivity index (χ4n) is 2.94. The summed E-state index contributed by atoms with van der Waals surface area (Å²) in [6.45, 7) is 3.80. The van der Waals surface area contributed by atoms with Gasteiger partial charge in [0.2, 0.25) is 0 Å². The number of fused-ring (bicyclic) bond motifs is 1. The van der Waals surface area contributed by atoms with Crippen LogP contribution in [0.4, 0.5) is 5.69 Å². The number of pyridine rings is 1. The van der Waals surface area contributed by atoms with Crippen molar-refractivity contribution in [2.24, 2.45) is 0 Å². The number of nitrogens with zero attached hydrogens (tertiary/aromatic N) is 2. The molecule has 1 N–H and O–H groups in total. The summed E-state index contributed by atoms with van der Waals surface area (Å²) in [6, 6.07) is 17.2. The van der Waals surface area contributed by atoms with E-state index in [2.05, 4.69) is 31.4 Å². The summed E-state index contributed by atoms with van der Waals surface area (Å²) in [5.74, 6) is -0.240. The SMILES string of the molecule is Cc1ccc(NC(=O)c2cc(-c3ccccc3)nc3onc(C)c23)c(Br)c1. The van der Waals surface area contributed by atoms with Gasteiger partial charge >= 0.3 is 0 Å². The van der Waals surface area contributed by atoms with E-state index >= 15 is 0 Å². The number of aryl methyl sites for hydroxylation is 2. The maximum absolute atomic E-state index is 13.1. The number of halogens is 1. The molecular formula is C21H16BrN3O2. The van der Waals surface area contributed by atoms with E-state index in [1.807, 2.05) is 55.5 Å². The van der Waals surface area contributed by atoms with Crippen LogP contribution in [0.25, 0.3) is 22.4 Å². The Kier molecular flexibility index (Phi) is 4.49. The molecule has 5 nitrogen and oxygen atoms in total. The predicted molar refractivity (Wildman–Crippen MR) is 109 cm³/mol. The number of nitrogens with one attached hydrogen (secondary N) is 1. The maximum Gasteiger partial charge on any atom is 0.259 e. The summed E-state index contributed by atoms with van der Waals surface area (Å²) in [4.78, 5) is 17.6. The largest absolute Gasteiger partial charge is 0.335 e. The van der Waals surface area contributed by atoms with E-state index in [1.165, 1.54) is 0 Å². The first-order chi connectivity index (χ1) is 13.0. The Morgan fingerprint density at radius 2 is 1.85 bits per heavy atom. The van der Waals surface area contributed by atoms with Crippen LogP contribution in [0.5, 0.6) is 0 Å². The molecule has 2 aromatic carbocycles. The van der Waals surface area contributed by atoms with Crippen LogP contribution in [0.15, 0.2) is 63.6 Å². The lowest BCUT2D eigenvalue weighted by Gasteiger charge is -2.10. The zero-order chi connectivity index (χ0) is 19.0. The van der Waals surface area contributed by atoms with Crippen LogP contribution in [0, 0.1) is 13.8 Å². The number of anilines is 1. The van der Waals surface area contributed by atoms with Gasteiger partial charge in [0.25, 0.3) is 11.6 Å². The van der Waals surface area contributed by atoms with Gasteiger partial charge in [-0.25, -0.2) is 4.98 Å². The lowest BCUT2D eigenvalue weighted by Crippen LogP contribution is -2.13. The van der Waals surface area contributed by atoms with Crippen LogP contribution in [-0.2, 0) is 0 Å². The minimum absolute atomic E-state index is 0.240. The number of rotatable bonds is 3. The topological polar surface area (TPSA) is 68.0 Å². The van der Waals surface area contributed by atoms with Crippen LogP contribution in [-0.4, -0.2) is 16.0 Å². The molecule has 0 saturated carbocycles. The number of benzene rings is 2. The Balaban J connectivity index is 1.81. The molecule has 0 spiro atoms. The molecule has 0 aliphatic rings. The number of carbonyl (C=O) groups is 1. The highest BCUT2D eigenvalue weighted by Crippen LogP contribution is 2.29. The fourth-order valence-corrected chi connectivity index (χ4v) is 3.53. The molecule has 0 radical (unpaired) electrons. The second-order valence-corrected chi connectivity index (χ2v) is 7.16. The minimum Gasteiger partial charge on any atom is -0.335 e. The first kappa shape index (κ1) is 17.4. The molecule has 0 unspecified atom stereocenters. The van der Waals surface area contributed by atoms with Crippen LogP contribution in [0.2, 0.25) is 0 Å². The lowest BCUT2D eigenvalue weighted by atomic mass is 10.0. The van der Waals surface area contributed by atoms with Crippen molar-refractivity contribution in [2.45, 2.75) is 13.8 Å². The first-order valence-electron chi connectivity index (χ1n) is 8.43. The normalized spacial score (nSPS) is 10.9. The van der Waals surface area contributed by atoms with Crippen molar-refractivity contribution in [1.29, 1.82) is 0 Å². The average molecular weight is 422 g/mol. The number of aromatic nitrogens is 2. The quantitative estimate of drug-likeness (QED) is 0.472. The first-order valence-corrected chi connectivity index (χ1v) is 9.22. The average Bonchev–Trinajstić information content (AvgIpc) is 3.05. The molecular weight excluding hydrogens is 406 g/mol. The molecule has 0 saturated heterocycles. The molecule has 6 heteroatoms. The lowest BCUT2D eigenvalue weighted by molar-refractivity contribution is 0.102. The third kappa shape index (κ3) is 3.36. The summed E-state index contributed by atoms with van der Waals surface area (Å²) >= 11 is 3.50. The number of carbonyl (C=O) groups excluding carboxylic acids is 1. The highest BCUT2D eigenvalue weighted by atomic mass is 79.9. The third-order valence-electron chi connectivity index (χ3n) is 4.30. The van der Waals surface area contributed by atoms with E-state index in [0.717, 1.165) is 15.6 Å². The van der Waals surface area contributed by atoms with Crippen molar-refractivity contribution in [3.63, 3.8) is 0 Å².